The highest BCUT2D eigenvalue weighted by molar-refractivity contribution is 5.88. The molecular weight excluding hydrogens is 354 g/mol. The zero-order valence-electron chi connectivity index (χ0n) is 16.1. The van der Waals surface area contributed by atoms with Gasteiger partial charge < -0.3 is 25.5 Å². The van der Waals surface area contributed by atoms with Crippen LogP contribution >= 0.6 is 12.4 Å². The number of aromatic amines is 1. The van der Waals surface area contributed by atoms with E-state index in [2.05, 4.69) is 16.4 Å². The van der Waals surface area contributed by atoms with Gasteiger partial charge in [0.1, 0.15) is 11.5 Å². The average molecular weight is 384 g/mol. The van der Waals surface area contributed by atoms with Gasteiger partial charge in [0.2, 0.25) is 5.91 Å². The Bertz CT molecular complexity index is 737. The van der Waals surface area contributed by atoms with Crippen LogP contribution in [-0.4, -0.2) is 37.7 Å². The van der Waals surface area contributed by atoms with E-state index in [1.54, 1.807) is 14.2 Å². The molecule has 1 atom stereocenters. The highest BCUT2D eigenvalue weighted by atomic mass is 35.5. The quantitative estimate of drug-likeness (QED) is 0.641. The molecule has 2 aromatic rings. The van der Waals surface area contributed by atoms with Crippen LogP contribution in [-0.2, 0) is 11.2 Å². The van der Waals surface area contributed by atoms with Crippen LogP contribution in [0.3, 0.4) is 0 Å². The lowest BCUT2D eigenvalue weighted by atomic mass is 9.87. The van der Waals surface area contributed by atoms with Crippen LogP contribution in [0.5, 0.6) is 11.5 Å². The zero-order valence-corrected chi connectivity index (χ0v) is 17.0. The number of rotatable bonds is 7. The lowest BCUT2D eigenvalue weighted by Crippen LogP contribution is -2.48. The van der Waals surface area contributed by atoms with E-state index >= 15 is 0 Å². The summed E-state index contributed by atoms with van der Waals surface area (Å²) in [5.74, 6) is 1.43. The summed E-state index contributed by atoms with van der Waals surface area (Å²) < 4.78 is 10.7. The second kappa shape index (κ2) is 9.14. The molecule has 0 aliphatic carbocycles. The molecule has 1 aromatic carbocycles. The van der Waals surface area contributed by atoms with E-state index in [1.807, 2.05) is 32.9 Å². The third-order valence-corrected chi connectivity index (χ3v) is 4.32. The number of nitrogens with one attached hydrogen (secondary N) is 2. The fourth-order valence-electron chi connectivity index (χ4n) is 2.65. The van der Waals surface area contributed by atoms with E-state index < -0.39 is 6.04 Å². The predicted octanol–water partition coefficient (Wildman–Crippen LogP) is 3.03. The van der Waals surface area contributed by atoms with E-state index in [0.717, 1.165) is 40.9 Å². The first-order chi connectivity index (χ1) is 11.8. The van der Waals surface area contributed by atoms with Crippen molar-refractivity contribution in [2.75, 3.05) is 20.8 Å². The molecule has 1 heterocycles. The summed E-state index contributed by atoms with van der Waals surface area (Å²) in [6.07, 6.45) is 1.65. The van der Waals surface area contributed by atoms with Crippen LogP contribution in [0.2, 0.25) is 0 Å². The molecule has 0 radical (unpaired) electrons. The number of aromatic nitrogens is 1. The number of amides is 1. The number of nitrogens with two attached hydrogens (primary N) is 1. The number of benzene rings is 1. The van der Waals surface area contributed by atoms with Crippen molar-refractivity contribution in [2.24, 2.45) is 11.1 Å². The first kappa shape index (κ1) is 22.1. The summed E-state index contributed by atoms with van der Waals surface area (Å²) in [7, 11) is 3.28. The standard InChI is InChI=1S/C19H29N3O3.ClH/c1-19(2,3)17(20)18(23)21-8-6-7-12-9-14-15(22-12)10-13(24-4)11-16(14)25-5;/h9-11,17,22H,6-8,20H2,1-5H3,(H,21,23);1H/t17-;/m1./s1. The second-order valence-electron chi connectivity index (χ2n) is 7.32. The van der Waals surface area contributed by atoms with Crippen molar-refractivity contribution in [3.63, 3.8) is 0 Å². The van der Waals surface area contributed by atoms with Crippen LogP contribution in [0.25, 0.3) is 10.9 Å². The van der Waals surface area contributed by atoms with Crippen molar-refractivity contribution >= 4 is 29.2 Å². The third-order valence-electron chi connectivity index (χ3n) is 4.32. The Balaban J connectivity index is 0.00000338. The van der Waals surface area contributed by atoms with Crippen molar-refractivity contribution < 1.29 is 14.3 Å². The Morgan fingerprint density at radius 3 is 2.50 bits per heavy atom. The number of ether oxygens (including phenoxy) is 2. The number of halogens is 1. The number of hydrogen-bond acceptors (Lipinski definition) is 4. The van der Waals surface area contributed by atoms with Gasteiger partial charge in [-0.25, -0.2) is 0 Å². The lowest BCUT2D eigenvalue weighted by Gasteiger charge is -2.25. The van der Waals surface area contributed by atoms with Gasteiger partial charge in [-0.3, -0.25) is 4.79 Å². The van der Waals surface area contributed by atoms with Crippen LogP contribution in [0.4, 0.5) is 0 Å². The van der Waals surface area contributed by atoms with Crippen molar-refractivity contribution in [3.05, 3.63) is 23.9 Å². The molecule has 1 aromatic heterocycles. The van der Waals surface area contributed by atoms with Crippen LogP contribution in [0.1, 0.15) is 32.9 Å². The van der Waals surface area contributed by atoms with E-state index in [4.69, 9.17) is 15.2 Å². The van der Waals surface area contributed by atoms with Gasteiger partial charge in [0.05, 0.1) is 25.8 Å². The average Bonchev–Trinajstić information content (AvgIpc) is 2.98. The molecule has 0 fully saturated rings. The molecule has 146 valence electrons. The zero-order chi connectivity index (χ0) is 18.6. The topological polar surface area (TPSA) is 89.4 Å². The molecule has 7 heteroatoms. The summed E-state index contributed by atoms with van der Waals surface area (Å²) >= 11 is 0. The lowest BCUT2D eigenvalue weighted by molar-refractivity contribution is -0.124. The van der Waals surface area contributed by atoms with Gasteiger partial charge in [0, 0.05) is 29.8 Å². The van der Waals surface area contributed by atoms with Gasteiger partial charge in [-0.05, 0) is 24.3 Å². The molecule has 0 aliphatic rings. The number of carbonyl (C=O) groups is 1. The van der Waals surface area contributed by atoms with Crippen molar-refractivity contribution in [2.45, 2.75) is 39.7 Å². The number of H-pyrrole nitrogens is 1. The largest absolute Gasteiger partial charge is 0.497 e. The van der Waals surface area contributed by atoms with Gasteiger partial charge in [-0.15, -0.1) is 12.4 Å². The van der Waals surface area contributed by atoms with Crippen LogP contribution < -0.4 is 20.5 Å². The Morgan fingerprint density at radius 2 is 1.92 bits per heavy atom. The van der Waals surface area contributed by atoms with E-state index in [0.29, 0.717) is 6.54 Å². The molecule has 0 bridgehead atoms. The smallest absolute Gasteiger partial charge is 0.237 e. The fraction of sp³-hybridized carbons (Fsp3) is 0.526. The van der Waals surface area contributed by atoms with Crippen molar-refractivity contribution in [3.8, 4) is 11.5 Å². The Hall–Kier alpha value is -1.92. The molecule has 26 heavy (non-hydrogen) atoms. The Labute approximate surface area is 161 Å². The normalized spacial score (nSPS) is 12.4. The number of hydrogen-bond donors (Lipinski definition) is 3. The maximum atomic E-state index is 12.0. The van der Waals surface area contributed by atoms with Crippen molar-refractivity contribution in [1.29, 1.82) is 0 Å². The summed E-state index contributed by atoms with van der Waals surface area (Å²) in [6, 6.07) is 5.40. The summed E-state index contributed by atoms with van der Waals surface area (Å²) in [6.45, 7) is 6.48. The van der Waals surface area contributed by atoms with E-state index in [9.17, 15) is 4.79 Å². The molecule has 0 spiro atoms. The minimum atomic E-state index is -0.502. The Kier molecular flexibility index (Phi) is 7.78. The maximum absolute atomic E-state index is 12.0. The summed E-state index contributed by atoms with van der Waals surface area (Å²) in [4.78, 5) is 15.4. The van der Waals surface area contributed by atoms with Gasteiger partial charge in [0.15, 0.2) is 0 Å². The van der Waals surface area contributed by atoms with E-state index in [-0.39, 0.29) is 23.7 Å². The first-order valence-electron chi connectivity index (χ1n) is 8.53. The molecule has 0 unspecified atom stereocenters. The molecular formula is C19H30ClN3O3. The maximum Gasteiger partial charge on any atom is 0.237 e. The van der Waals surface area contributed by atoms with Gasteiger partial charge in [-0.1, -0.05) is 20.8 Å². The third kappa shape index (κ3) is 5.29. The van der Waals surface area contributed by atoms with Gasteiger partial charge in [0.25, 0.3) is 0 Å². The SMILES string of the molecule is COc1cc(OC)c2cc(CCCNC(=O)[C@@H](N)C(C)(C)C)[nH]c2c1.Cl. The molecule has 6 nitrogen and oxygen atoms in total. The number of aryl methyl sites for hydroxylation is 1. The molecule has 0 saturated heterocycles. The van der Waals surface area contributed by atoms with E-state index in [1.165, 1.54) is 0 Å². The van der Waals surface area contributed by atoms with Gasteiger partial charge in [-0.2, -0.15) is 0 Å². The van der Waals surface area contributed by atoms with Crippen LogP contribution in [0.15, 0.2) is 18.2 Å². The van der Waals surface area contributed by atoms with Crippen LogP contribution in [0, 0.1) is 5.41 Å². The molecule has 0 aliphatic heterocycles. The monoisotopic (exact) mass is 383 g/mol. The molecule has 2 rings (SSSR count). The minimum Gasteiger partial charge on any atom is -0.497 e. The fourth-order valence-corrected chi connectivity index (χ4v) is 2.65. The highest BCUT2D eigenvalue weighted by Gasteiger charge is 2.26. The van der Waals surface area contributed by atoms with Crippen molar-refractivity contribution in [1.82, 2.24) is 10.3 Å². The molecule has 1 amide bonds. The summed E-state index contributed by atoms with van der Waals surface area (Å²) in [5, 5.41) is 3.94. The highest BCUT2D eigenvalue weighted by Crippen LogP contribution is 2.31. The van der Waals surface area contributed by atoms with Gasteiger partial charge >= 0.3 is 0 Å². The predicted molar refractivity (Wildman–Crippen MR) is 107 cm³/mol. The Morgan fingerprint density at radius 1 is 1.23 bits per heavy atom. The molecule has 0 saturated carbocycles. The minimum absolute atomic E-state index is 0. The molecule has 4 N–H and O–H groups in total. The number of fused-ring (bicyclic) bond motifs is 1. The number of carbonyl (C=O) groups excluding carboxylic acids is 1. The summed E-state index contributed by atoms with van der Waals surface area (Å²) in [5.41, 5.74) is 7.78. The second-order valence-corrected chi connectivity index (χ2v) is 7.32. The first-order valence-corrected chi connectivity index (χ1v) is 8.53. The number of methoxy groups -OCH3 is 2.